The second-order valence-corrected chi connectivity index (χ2v) is 9.78. The predicted molar refractivity (Wildman–Crippen MR) is 116 cm³/mol. The molecule has 3 rings (SSSR count). The molecule has 1 unspecified atom stereocenters. The molecule has 0 amide bonds. The largest absolute Gasteiger partial charge is 0.467 e. The molecular weight excluding hydrogens is 459 g/mol. The minimum atomic E-state index is -4.51. The number of alkyl halides is 3. The maximum Gasteiger partial charge on any atom is 0.416 e. The monoisotopic (exact) mass is 481 g/mol. The first kappa shape index (κ1) is 24.5. The molecule has 1 N–H and O–H groups in total. The van der Waals surface area contributed by atoms with Gasteiger partial charge in [-0.15, -0.1) is 0 Å². The Morgan fingerprint density at radius 1 is 1.03 bits per heavy atom. The van der Waals surface area contributed by atoms with E-state index in [0.717, 1.165) is 25.5 Å². The van der Waals surface area contributed by atoms with Gasteiger partial charge in [0, 0.05) is 23.2 Å². The fraction of sp³-hybridized carbons (Fsp3) is 0.261. The first-order chi connectivity index (χ1) is 15.2. The summed E-state index contributed by atoms with van der Waals surface area (Å²) in [7, 11) is -2.31. The van der Waals surface area contributed by atoms with E-state index in [0.29, 0.717) is 22.6 Å². The Hall–Kier alpha value is -3.11. The van der Waals surface area contributed by atoms with Crippen molar-refractivity contribution in [2.24, 2.45) is 0 Å². The van der Waals surface area contributed by atoms with Crippen LogP contribution in [0.3, 0.4) is 0 Å². The molecule has 0 aliphatic carbocycles. The molecule has 0 aliphatic rings. The third-order valence-electron chi connectivity index (χ3n) is 5.39. The zero-order valence-electron chi connectivity index (χ0n) is 18.3. The molecule has 10 heteroatoms. The van der Waals surface area contributed by atoms with Crippen LogP contribution in [0.2, 0.25) is 0 Å². The molecule has 33 heavy (non-hydrogen) atoms. The predicted octanol–water partition coefficient (Wildman–Crippen LogP) is 4.26. The van der Waals surface area contributed by atoms with Gasteiger partial charge < -0.3 is 14.4 Å². The van der Waals surface area contributed by atoms with Crippen LogP contribution in [0.5, 0.6) is 0 Å². The first-order valence-electron chi connectivity index (χ1n) is 9.69. The maximum absolute atomic E-state index is 13.0. The first-order valence-corrected chi connectivity index (χ1v) is 11.6. The maximum atomic E-state index is 13.0. The normalized spacial score (nSPS) is 14.1. The van der Waals surface area contributed by atoms with Crippen LogP contribution in [-0.4, -0.2) is 37.4 Å². The van der Waals surface area contributed by atoms with E-state index in [9.17, 15) is 31.5 Å². The molecule has 0 radical (unpaired) electrons. The highest BCUT2D eigenvalue weighted by Gasteiger charge is 2.38. The molecule has 0 fully saturated rings. The van der Waals surface area contributed by atoms with E-state index < -0.39 is 33.1 Å². The Balaban J connectivity index is 2.25. The number of methoxy groups -OCH3 is 1. The number of ether oxygens (including phenoxy) is 1. The number of carbonyl (C=O) groups is 1. The van der Waals surface area contributed by atoms with E-state index in [-0.39, 0.29) is 10.5 Å². The van der Waals surface area contributed by atoms with Gasteiger partial charge in [0.2, 0.25) is 0 Å². The smallest absolute Gasteiger partial charge is 0.416 e. The van der Waals surface area contributed by atoms with Crippen molar-refractivity contribution in [2.45, 2.75) is 30.5 Å². The van der Waals surface area contributed by atoms with Gasteiger partial charge in [0.05, 0.1) is 23.3 Å². The van der Waals surface area contributed by atoms with E-state index in [1.54, 1.807) is 23.6 Å². The molecule has 6 nitrogen and oxygen atoms in total. The summed E-state index contributed by atoms with van der Waals surface area (Å²) in [6.45, 7) is 2.87. The Labute approximate surface area is 189 Å². The lowest BCUT2D eigenvalue weighted by Gasteiger charge is -2.21. The summed E-state index contributed by atoms with van der Waals surface area (Å²) in [6.07, 6.45) is -3.43. The topological polar surface area (TPSA) is 85.6 Å². The van der Waals surface area contributed by atoms with E-state index in [1.807, 2.05) is 0 Å². The second-order valence-electron chi connectivity index (χ2n) is 7.77. The minimum absolute atomic E-state index is 0.0948. The van der Waals surface area contributed by atoms with Crippen LogP contribution in [0, 0.1) is 6.92 Å². The van der Waals surface area contributed by atoms with Crippen molar-refractivity contribution in [3.05, 3.63) is 71.4 Å². The number of nitrogens with zero attached hydrogens (tertiary/aromatic N) is 1. The SMILES string of the molecule is COC(=O)C(C)(O)c1cc(-c2ccc(S(C)(=O)=O)cc2)n(-c2ccc(C(F)(F)F)cc2)c1C. The number of aromatic nitrogens is 1. The van der Waals surface area contributed by atoms with Gasteiger partial charge >= 0.3 is 12.1 Å². The van der Waals surface area contributed by atoms with Crippen molar-refractivity contribution >= 4 is 15.8 Å². The lowest BCUT2D eigenvalue weighted by molar-refractivity contribution is -0.161. The molecule has 0 spiro atoms. The molecule has 1 heterocycles. The van der Waals surface area contributed by atoms with Gasteiger partial charge in [0.15, 0.2) is 15.4 Å². The molecule has 0 aliphatic heterocycles. The molecule has 1 atom stereocenters. The van der Waals surface area contributed by atoms with Crippen LogP contribution >= 0.6 is 0 Å². The summed E-state index contributed by atoms with van der Waals surface area (Å²) in [6, 6.07) is 11.9. The molecule has 0 saturated carbocycles. The van der Waals surface area contributed by atoms with Crippen molar-refractivity contribution in [2.75, 3.05) is 13.4 Å². The van der Waals surface area contributed by atoms with Crippen LogP contribution < -0.4 is 0 Å². The number of aliphatic hydroxyl groups is 1. The highest BCUT2D eigenvalue weighted by atomic mass is 32.2. The average Bonchev–Trinajstić information content (AvgIpc) is 3.09. The van der Waals surface area contributed by atoms with Crippen molar-refractivity contribution in [3.63, 3.8) is 0 Å². The number of hydrogen-bond donors (Lipinski definition) is 1. The van der Waals surface area contributed by atoms with Gasteiger partial charge in [0.25, 0.3) is 0 Å². The molecule has 2 aromatic carbocycles. The summed E-state index contributed by atoms with van der Waals surface area (Å²) in [5.74, 6) is -0.908. The van der Waals surface area contributed by atoms with Crippen LogP contribution in [0.15, 0.2) is 59.5 Å². The molecule has 176 valence electrons. The molecule has 0 saturated heterocycles. The van der Waals surface area contributed by atoms with Crippen molar-refractivity contribution in [1.29, 1.82) is 0 Å². The number of sulfone groups is 1. The van der Waals surface area contributed by atoms with E-state index in [2.05, 4.69) is 0 Å². The third kappa shape index (κ3) is 4.67. The number of benzene rings is 2. The van der Waals surface area contributed by atoms with Gasteiger partial charge in [-0.05, 0) is 61.9 Å². The summed E-state index contributed by atoms with van der Waals surface area (Å²) in [4.78, 5) is 12.3. The molecule has 1 aromatic heterocycles. The third-order valence-corrected chi connectivity index (χ3v) is 6.51. The molecular formula is C23H22F3NO5S. The fourth-order valence-corrected chi connectivity index (χ4v) is 4.26. The van der Waals surface area contributed by atoms with Crippen molar-refractivity contribution in [1.82, 2.24) is 4.57 Å². The molecule has 3 aromatic rings. The van der Waals surface area contributed by atoms with Crippen LogP contribution in [-0.2, 0) is 31.1 Å². The van der Waals surface area contributed by atoms with Crippen LogP contribution in [0.1, 0.15) is 23.7 Å². The fourth-order valence-electron chi connectivity index (χ4n) is 3.63. The number of esters is 1. The van der Waals surface area contributed by atoms with Gasteiger partial charge in [-0.25, -0.2) is 13.2 Å². The lowest BCUT2D eigenvalue weighted by atomic mass is 9.96. The van der Waals surface area contributed by atoms with Crippen molar-refractivity contribution < 1.29 is 36.2 Å². The van der Waals surface area contributed by atoms with Gasteiger partial charge in [-0.2, -0.15) is 13.2 Å². The van der Waals surface area contributed by atoms with Gasteiger partial charge in [-0.1, -0.05) is 12.1 Å². The minimum Gasteiger partial charge on any atom is -0.467 e. The Morgan fingerprint density at radius 2 is 1.58 bits per heavy atom. The van der Waals surface area contributed by atoms with Crippen LogP contribution in [0.4, 0.5) is 13.2 Å². The Bertz CT molecular complexity index is 1290. The van der Waals surface area contributed by atoms with E-state index in [1.165, 1.54) is 37.3 Å². The number of hydrogen-bond acceptors (Lipinski definition) is 5. The lowest BCUT2D eigenvalue weighted by Crippen LogP contribution is -2.33. The Kier molecular flexibility index (Phi) is 6.20. The Morgan fingerprint density at radius 3 is 2.03 bits per heavy atom. The summed E-state index contributed by atoms with van der Waals surface area (Å²) >= 11 is 0. The summed E-state index contributed by atoms with van der Waals surface area (Å²) in [5, 5.41) is 10.9. The van der Waals surface area contributed by atoms with Crippen LogP contribution in [0.25, 0.3) is 16.9 Å². The quantitative estimate of drug-likeness (QED) is 0.551. The standard InChI is InChI=1S/C23H22F3NO5S/c1-14-19(22(2,29)21(28)32-3)13-20(15-5-11-18(12-6-15)33(4,30)31)27(14)17-9-7-16(8-10-17)23(24,25)26/h5-13,29H,1-4H3. The average molecular weight is 481 g/mol. The van der Waals surface area contributed by atoms with Gasteiger partial charge in [0.1, 0.15) is 0 Å². The highest BCUT2D eigenvalue weighted by Crippen LogP contribution is 2.37. The zero-order chi connectivity index (χ0) is 24.8. The summed E-state index contributed by atoms with van der Waals surface area (Å²) in [5.41, 5.74) is -0.948. The number of rotatable bonds is 5. The molecule has 0 bridgehead atoms. The second kappa shape index (κ2) is 8.35. The highest BCUT2D eigenvalue weighted by molar-refractivity contribution is 7.90. The number of carbonyl (C=O) groups excluding carboxylic acids is 1. The van der Waals surface area contributed by atoms with Gasteiger partial charge in [-0.3, -0.25) is 0 Å². The zero-order valence-corrected chi connectivity index (χ0v) is 19.1. The summed E-state index contributed by atoms with van der Waals surface area (Å²) < 4.78 is 69.0. The van der Waals surface area contributed by atoms with E-state index in [4.69, 9.17) is 4.74 Å². The number of halogens is 3. The van der Waals surface area contributed by atoms with Crippen molar-refractivity contribution in [3.8, 4) is 16.9 Å². The van der Waals surface area contributed by atoms with E-state index >= 15 is 0 Å².